The maximum Gasteiger partial charge on any atom is 0.237 e. The van der Waals surface area contributed by atoms with E-state index in [1.54, 1.807) is 0 Å². The number of amides is 1. The Bertz CT molecular complexity index is 301. The Morgan fingerprint density at radius 1 is 1.28 bits per heavy atom. The first kappa shape index (κ1) is 13.8. The molecule has 1 amide bonds. The summed E-state index contributed by atoms with van der Waals surface area (Å²) in [7, 11) is 2.18. The molecule has 2 fully saturated rings. The van der Waals surface area contributed by atoms with Gasteiger partial charge in [-0.1, -0.05) is 12.8 Å². The Hall–Kier alpha value is -0.610. The van der Waals surface area contributed by atoms with Gasteiger partial charge in [0.1, 0.15) is 0 Å². The maximum absolute atomic E-state index is 11.5. The third-order valence-corrected chi connectivity index (χ3v) is 4.90. The smallest absolute Gasteiger partial charge is 0.237 e. The van der Waals surface area contributed by atoms with Gasteiger partial charge >= 0.3 is 0 Å². The van der Waals surface area contributed by atoms with Gasteiger partial charge in [-0.2, -0.15) is 0 Å². The number of hydrogen-bond donors (Lipinski definition) is 2. The average Bonchev–Trinajstić information content (AvgIpc) is 2.81. The standard InChI is InChI=1S/C14H27N3O/c1-17(10-11-5-2-3-6-11)12-7-4-8-14(16,9-12)13(15)18/h11-12H,2-10,16H2,1H3,(H2,15,18). The lowest BCUT2D eigenvalue weighted by Gasteiger charge is -2.40. The Balaban J connectivity index is 1.89. The lowest BCUT2D eigenvalue weighted by atomic mass is 9.78. The molecule has 104 valence electrons. The molecule has 2 rings (SSSR count). The van der Waals surface area contributed by atoms with Gasteiger partial charge in [0.05, 0.1) is 5.54 Å². The van der Waals surface area contributed by atoms with Crippen molar-refractivity contribution in [3.63, 3.8) is 0 Å². The molecular weight excluding hydrogens is 226 g/mol. The van der Waals surface area contributed by atoms with Gasteiger partial charge in [-0.05, 0) is 51.5 Å². The maximum atomic E-state index is 11.5. The second-order valence-corrected chi connectivity index (χ2v) is 6.36. The van der Waals surface area contributed by atoms with E-state index in [0.29, 0.717) is 6.04 Å². The summed E-state index contributed by atoms with van der Waals surface area (Å²) in [5, 5.41) is 0. The van der Waals surface area contributed by atoms with Crippen molar-refractivity contribution >= 4 is 5.91 Å². The minimum atomic E-state index is -0.771. The minimum Gasteiger partial charge on any atom is -0.368 e. The van der Waals surface area contributed by atoms with Crippen LogP contribution < -0.4 is 11.5 Å². The number of nitrogens with two attached hydrogens (primary N) is 2. The molecule has 2 aliphatic carbocycles. The van der Waals surface area contributed by atoms with Crippen LogP contribution in [0, 0.1) is 5.92 Å². The molecule has 0 spiro atoms. The molecule has 0 bridgehead atoms. The zero-order valence-corrected chi connectivity index (χ0v) is 11.5. The molecule has 4 N–H and O–H groups in total. The van der Waals surface area contributed by atoms with Crippen LogP contribution in [-0.4, -0.2) is 36.0 Å². The number of carbonyl (C=O) groups is 1. The van der Waals surface area contributed by atoms with Gasteiger partial charge in [0, 0.05) is 12.6 Å². The fraction of sp³-hybridized carbons (Fsp3) is 0.929. The monoisotopic (exact) mass is 253 g/mol. The molecule has 2 aliphatic rings. The molecule has 0 aliphatic heterocycles. The van der Waals surface area contributed by atoms with Crippen molar-refractivity contribution in [3.05, 3.63) is 0 Å². The highest BCUT2D eigenvalue weighted by Gasteiger charge is 2.39. The predicted molar refractivity (Wildman–Crippen MR) is 73.0 cm³/mol. The van der Waals surface area contributed by atoms with E-state index in [1.807, 2.05) is 0 Å². The van der Waals surface area contributed by atoms with E-state index in [-0.39, 0.29) is 5.91 Å². The summed E-state index contributed by atoms with van der Waals surface area (Å²) in [5.74, 6) is 0.513. The zero-order chi connectivity index (χ0) is 13.2. The highest BCUT2D eigenvalue weighted by Crippen LogP contribution is 2.31. The van der Waals surface area contributed by atoms with Crippen LogP contribution in [0.3, 0.4) is 0 Å². The fourth-order valence-corrected chi connectivity index (χ4v) is 3.63. The van der Waals surface area contributed by atoms with Crippen LogP contribution in [0.1, 0.15) is 51.4 Å². The van der Waals surface area contributed by atoms with Crippen molar-refractivity contribution in [2.24, 2.45) is 17.4 Å². The number of nitrogens with zero attached hydrogens (tertiary/aromatic N) is 1. The summed E-state index contributed by atoms with van der Waals surface area (Å²) in [4.78, 5) is 13.9. The average molecular weight is 253 g/mol. The second kappa shape index (κ2) is 5.57. The van der Waals surface area contributed by atoms with Crippen LogP contribution in [-0.2, 0) is 4.79 Å². The van der Waals surface area contributed by atoms with Gasteiger partial charge in [-0.3, -0.25) is 4.79 Å². The van der Waals surface area contributed by atoms with E-state index < -0.39 is 5.54 Å². The SMILES string of the molecule is CN(CC1CCCC1)C1CCCC(N)(C(N)=O)C1. The largest absolute Gasteiger partial charge is 0.368 e. The second-order valence-electron chi connectivity index (χ2n) is 6.36. The highest BCUT2D eigenvalue weighted by molar-refractivity contribution is 5.84. The summed E-state index contributed by atoms with van der Waals surface area (Å²) in [5.41, 5.74) is 10.8. The molecule has 2 unspecified atom stereocenters. The summed E-state index contributed by atoms with van der Waals surface area (Å²) >= 11 is 0. The van der Waals surface area contributed by atoms with Crippen LogP contribution in [0.15, 0.2) is 0 Å². The highest BCUT2D eigenvalue weighted by atomic mass is 16.1. The number of carbonyl (C=O) groups excluding carboxylic acids is 1. The topological polar surface area (TPSA) is 72.3 Å². The van der Waals surface area contributed by atoms with Crippen LogP contribution in [0.2, 0.25) is 0 Å². The van der Waals surface area contributed by atoms with Crippen molar-refractivity contribution in [3.8, 4) is 0 Å². The summed E-state index contributed by atoms with van der Waals surface area (Å²) in [6, 6.07) is 0.428. The van der Waals surface area contributed by atoms with Crippen LogP contribution >= 0.6 is 0 Å². The van der Waals surface area contributed by atoms with E-state index in [1.165, 1.54) is 25.7 Å². The Kier molecular flexibility index (Phi) is 4.28. The lowest BCUT2D eigenvalue weighted by molar-refractivity contribution is -0.125. The quantitative estimate of drug-likeness (QED) is 0.791. The molecule has 0 aromatic carbocycles. The lowest BCUT2D eigenvalue weighted by Crippen LogP contribution is -2.58. The van der Waals surface area contributed by atoms with Crippen molar-refractivity contribution in [2.45, 2.75) is 62.9 Å². The predicted octanol–water partition coefficient (Wildman–Crippen LogP) is 1.23. The van der Waals surface area contributed by atoms with Gasteiger partial charge in [-0.15, -0.1) is 0 Å². The Labute approximate surface area is 110 Å². The third-order valence-electron chi connectivity index (χ3n) is 4.90. The van der Waals surface area contributed by atoms with E-state index in [0.717, 1.165) is 38.1 Å². The number of rotatable bonds is 4. The molecule has 0 radical (unpaired) electrons. The summed E-state index contributed by atoms with van der Waals surface area (Å²) in [6.07, 6.45) is 9.12. The molecule has 4 nitrogen and oxygen atoms in total. The van der Waals surface area contributed by atoms with Crippen molar-refractivity contribution < 1.29 is 4.79 Å². The molecule has 4 heteroatoms. The van der Waals surface area contributed by atoms with Crippen molar-refractivity contribution in [1.29, 1.82) is 0 Å². The summed E-state index contributed by atoms with van der Waals surface area (Å²) < 4.78 is 0. The van der Waals surface area contributed by atoms with Crippen LogP contribution in [0.5, 0.6) is 0 Å². The Morgan fingerprint density at radius 3 is 2.56 bits per heavy atom. The van der Waals surface area contributed by atoms with Gasteiger partial charge in [0.2, 0.25) is 5.91 Å². The zero-order valence-electron chi connectivity index (χ0n) is 11.5. The van der Waals surface area contributed by atoms with Gasteiger partial charge in [-0.25, -0.2) is 0 Å². The first-order chi connectivity index (χ1) is 8.51. The molecule has 0 heterocycles. The fourth-order valence-electron chi connectivity index (χ4n) is 3.63. The molecule has 0 aromatic heterocycles. The third kappa shape index (κ3) is 3.04. The molecule has 18 heavy (non-hydrogen) atoms. The van der Waals surface area contributed by atoms with E-state index in [2.05, 4.69) is 11.9 Å². The molecule has 0 aromatic rings. The van der Waals surface area contributed by atoms with Gasteiger partial charge in [0.25, 0.3) is 0 Å². The molecule has 0 saturated heterocycles. The normalized spacial score (nSPS) is 34.1. The summed E-state index contributed by atoms with van der Waals surface area (Å²) in [6.45, 7) is 1.15. The number of hydrogen-bond acceptors (Lipinski definition) is 3. The Morgan fingerprint density at radius 2 is 1.94 bits per heavy atom. The van der Waals surface area contributed by atoms with Gasteiger partial charge in [0.15, 0.2) is 0 Å². The number of primary amides is 1. The first-order valence-corrected chi connectivity index (χ1v) is 7.30. The molecule has 2 atom stereocenters. The van der Waals surface area contributed by atoms with Crippen molar-refractivity contribution in [2.75, 3.05) is 13.6 Å². The van der Waals surface area contributed by atoms with Gasteiger partial charge < -0.3 is 16.4 Å². The van der Waals surface area contributed by atoms with E-state index >= 15 is 0 Å². The van der Waals surface area contributed by atoms with E-state index in [9.17, 15) is 4.79 Å². The van der Waals surface area contributed by atoms with Crippen LogP contribution in [0.25, 0.3) is 0 Å². The molecular formula is C14H27N3O. The minimum absolute atomic E-state index is 0.332. The van der Waals surface area contributed by atoms with E-state index in [4.69, 9.17) is 11.5 Å². The molecule has 2 saturated carbocycles. The first-order valence-electron chi connectivity index (χ1n) is 7.30. The van der Waals surface area contributed by atoms with Crippen LogP contribution in [0.4, 0.5) is 0 Å². The van der Waals surface area contributed by atoms with Crippen molar-refractivity contribution in [1.82, 2.24) is 4.90 Å².